The van der Waals surface area contributed by atoms with E-state index in [2.05, 4.69) is 0 Å². The number of aliphatic carboxylic acids is 1. The molecule has 0 atom stereocenters. The zero-order valence-electron chi connectivity index (χ0n) is 8.05. The summed E-state index contributed by atoms with van der Waals surface area (Å²) in [6.45, 7) is 0. The molecular formula is C10H5F5O2. The van der Waals surface area contributed by atoms with Gasteiger partial charge in [-0.05, 0) is 17.7 Å². The fourth-order valence-electron chi connectivity index (χ4n) is 1.16. The average Bonchev–Trinajstić information content (AvgIpc) is 2.10. The highest BCUT2D eigenvalue weighted by Crippen LogP contribution is 2.34. The zero-order chi connectivity index (χ0) is 13.2. The lowest BCUT2D eigenvalue weighted by Gasteiger charge is -2.11. The Kier molecular flexibility index (Phi) is 3.50. The van der Waals surface area contributed by atoms with Gasteiger partial charge in [0.2, 0.25) is 0 Å². The predicted molar refractivity (Wildman–Crippen MR) is 48.0 cm³/mol. The summed E-state index contributed by atoms with van der Waals surface area (Å²) >= 11 is 0. The van der Waals surface area contributed by atoms with Crippen LogP contribution < -0.4 is 0 Å². The summed E-state index contributed by atoms with van der Waals surface area (Å²) in [5.41, 5.74) is -2.50. The van der Waals surface area contributed by atoms with E-state index in [0.717, 1.165) is 0 Å². The Morgan fingerprint density at radius 2 is 1.59 bits per heavy atom. The minimum atomic E-state index is -5.02. The number of rotatable bonds is 2. The van der Waals surface area contributed by atoms with Crippen LogP contribution in [0.15, 0.2) is 24.3 Å². The molecule has 17 heavy (non-hydrogen) atoms. The summed E-state index contributed by atoms with van der Waals surface area (Å²) in [5.74, 6) is -4.30. The van der Waals surface area contributed by atoms with Crippen LogP contribution in [0.2, 0.25) is 0 Å². The second kappa shape index (κ2) is 4.52. The summed E-state index contributed by atoms with van der Waals surface area (Å²) in [4.78, 5) is 10.2. The number of allylic oxidation sites excluding steroid dienone is 1. The quantitative estimate of drug-likeness (QED) is 0.649. The van der Waals surface area contributed by atoms with Gasteiger partial charge in [0, 0.05) is 12.1 Å². The molecule has 0 unspecified atom stereocenters. The van der Waals surface area contributed by atoms with E-state index in [9.17, 15) is 26.7 Å². The maximum Gasteiger partial charge on any atom is 0.417 e. The molecule has 0 aliphatic heterocycles. The van der Waals surface area contributed by atoms with Gasteiger partial charge < -0.3 is 5.11 Å². The fraction of sp³-hybridized carbons (Fsp3) is 0.100. The predicted octanol–water partition coefficient (Wildman–Crippen LogP) is 3.00. The summed E-state index contributed by atoms with van der Waals surface area (Å²) in [6.07, 6.45) is -5.16. The number of carboxylic acids is 1. The summed E-state index contributed by atoms with van der Waals surface area (Å²) < 4.78 is 62.8. The van der Waals surface area contributed by atoms with E-state index in [-0.39, 0.29) is 6.08 Å². The van der Waals surface area contributed by atoms with E-state index >= 15 is 0 Å². The minimum absolute atomic E-state index is 0.145. The van der Waals surface area contributed by atoms with Gasteiger partial charge in [0.15, 0.2) is 0 Å². The minimum Gasteiger partial charge on any atom is -0.478 e. The number of hydrogen-bond acceptors (Lipinski definition) is 1. The summed E-state index contributed by atoms with van der Waals surface area (Å²) in [5, 5.41) is 8.28. The zero-order valence-corrected chi connectivity index (χ0v) is 8.05. The Balaban J connectivity index is 3.38. The Morgan fingerprint density at radius 3 is 1.94 bits per heavy atom. The number of carbonyl (C=O) groups is 1. The van der Waals surface area contributed by atoms with E-state index in [1.54, 1.807) is 0 Å². The molecule has 1 N–H and O–H groups in total. The molecule has 0 radical (unpaired) electrons. The molecule has 0 saturated heterocycles. The lowest BCUT2D eigenvalue weighted by molar-refractivity contribution is -0.131. The van der Waals surface area contributed by atoms with Crippen molar-refractivity contribution >= 4 is 11.5 Å². The van der Waals surface area contributed by atoms with Crippen molar-refractivity contribution in [3.05, 3.63) is 41.5 Å². The van der Waals surface area contributed by atoms with Gasteiger partial charge in [0.05, 0.1) is 5.57 Å². The second-order valence-corrected chi connectivity index (χ2v) is 3.05. The van der Waals surface area contributed by atoms with Crippen molar-refractivity contribution in [1.29, 1.82) is 0 Å². The van der Waals surface area contributed by atoms with E-state index in [0.29, 0.717) is 18.2 Å². The lowest BCUT2D eigenvalue weighted by atomic mass is 10.0. The Labute approximate surface area is 92.0 Å². The molecule has 0 amide bonds. The highest BCUT2D eigenvalue weighted by molar-refractivity contribution is 5.91. The van der Waals surface area contributed by atoms with Crippen molar-refractivity contribution in [3.8, 4) is 0 Å². The molecular weight excluding hydrogens is 247 g/mol. The molecule has 0 aliphatic rings. The molecule has 0 fully saturated rings. The number of halogens is 5. The molecule has 0 heterocycles. The van der Waals surface area contributed by atoms with Crippen LogP contribution in [-0.4, -0.2) is 17.3 Å². The number of alkyl halides is 3. The average molecular weight is 252 g/mol. The molecule has 1 rings (SSSR count). The van der Waals surface area contributed by atoms with Crippen molar-refractivity contribution in [3.63, 3.8) is 0 Å². The fourth-order valence-corrected chi connectivity index (χ4v) is 1.16. The van der Waals surface area contributed by atoms with Crippen molar-refractivity contribution in [2.24, 2.45) is 0 Å². The standard InChI is InChI=1S/C10H5F5O2/c11-6-1-5(2-7(12)3-6)8(4-9(16)17)10(13,14)15/h1-4H,(H,16,17)/b8-4+. The van der Waals surface area contributed by atoms with Crippen LogP contribution in [0.4, 0.5) is 22.0 Å². The van der Waals surface area contributed by atoms with Gasteiger partial charge in [-0.2, -0.15) is 13.2 Å². The smallest absolute Gasteiger partial charge is 0.417 e. The van der Waals surface area contributed by atoms with Gasteiger partial charge in [-0.25, -0.2) is 13.6 Å². The van der Waals surface area contributed by atoms with Gasteiger partial charge in [-0.3, -0.25) is 0 Å². The Morgan fingerprint density at radius 1 is 1.12 bits per heavy atom. The molecule has 1 aromatic rings. The lowest BCUT2D eigenvalue weighted by Crippen LogP contribution is -2.13. The largest absolute Gasteiger partial charge is 0.478 e. The summed E-state index contributed by atoms with van der Waals surface area (Å²) in [6, 6.07) is 1.20. The first kappa shape index (κ1) is 13.1. The second-order valence-electron chi connectivity index (χ2n) is 3.05. The molecule has 92 valence electrons. The monoisotopic (exact) mass is 252 g/mol. The molecule has 0 saturated carbocycles. The Bertz CT molecular complexity index is 456. The molecule has 0 bridgehead atoms. The van der Waals surface area contributed by atoms with Gasteiger partial charge in [0.1, 0.15) is 11.6 Å². The van der Waals surface area contributed by atoms with Crippen LogP contribution in [0.3, 0.4) is 0 Å². The molecule has 0 aliphatic carbocycles. The Hall–Kier alpha value is -1.92. The SMILES string of the molecule is O=C(O)/C=C(\c1cc(F)cc(F)c1)C(F)(F)F. The van der Waals surface area contributed by atoms with E-state index in [1.165, 1.54) is 0 Å². The van der Waals surface area contributed by atoms with E-state index in [1.807, 2.05) is 0 Å². The van der Waals surface area contributed by atoms with Crippen molar-refractivity contribution in [2.75, 3.05) is 0 Å². The van der Waals surface area contributed by atoms with Crippen molar-refractivity contribution < 1.29 is 31.9 Å². The van der Waals surface area contributed by atoms with Crippen LogP contribution >= 0.6 is 0 Å². The van der Waals surface area contributed by atoms with Crippen LogP contribution in [-0.2, 0) is 4.79 Å². The number of carboxylic acid groups (broad SMARTS) is 1. The van der Waals surface area contributed by atoms with Crippen LogP contribution in [0.5, 0.6) is 0 Å². The van der Waals surface area contributed by atoms with Crippen molar-refractivity contribution in [1.82, 2.24) is 0 Å². The van der Waals surface area contributed by atoms with E-state index < -0.39 is 34.9 Å². The molecule has 1 aromatic carbocycles. The summed E-state index contributed by atoms with van der Waals surface area (Å²) in [7, 11) is 0. The third-order valence-corrected chi connectivity index (χ3v) is 1.75. The number of benzene rings is 1. The first-order chi connectivity index (χ1) is 7.70. The number of hydrogen-bond donors (Lipinski definition) is 1. The van der Waals surface area contributed by atoms with Crippen LogP contribution in [0, 0.1) is 11.6 Å². The highest BCUT2D eigenvalue weighted by Gasteiger charge is 2.35. The molecule has 2 nitrogen and oxygen atoms in total. The third kappa shape index (κ3) is 3.54. The third-order valence-electron chi connectivity index (χ3n) is 1.75. The van der Waals surface area contributed by atoms with Gasteiger partial charge in [0.25, 0.3) is 0 Å². The normalized spacial score (nSPS) is 12.6. The maximum atomic E-state index is 12.7. The highest BCUT2D eigenvalue weighted by atomic mass is 19.4. The molecule has 7 heteroatoms. The first-order valence-electron chi connectivity index (χ1n) is 4.18. The van der Waals surface area contributed by atoms with Gasteiger partial charge in [-0.1, -0.05) is 0 Å². The van der Waals surface area contributed by atoms with Gasteiger partial charge in [-0.15, -0.1) is 0 Å². The molecule has 0 aromatic heterocycles. The topological polar surface area (TPSA) is 37.3 Å². The van der Waals surface area contributed by atoms with Gasteiger partial charge >= 0.3 is 12.1 Å². The molecule has 0 spiro atoms. The first-order valence-corrected chi connectivity index (χ1v) is 4.18. The van der Waals surface area contributed by atoms with E-state index in [4.69, 9.17) is 5.11 Å². The van der Waals surface area contributed by atoms with Crippen LogP contribution in [0.1, 0.15) is 5.56 Å². The van der Waals surface area contributed by atoms with Crippen LogP contribution in [0.25, 0.3) is 5.57 Å². The maximum absolute atomic E-state index is 12.7. The van der Waals surface area contributed by atoms with Crippen molar-refractivity contribution in [2.45, 2.75) is 6.18 Å².